The molecule has 5 heteroatoms. The van der Waals surface area contributed by atoms with E-state index in [-0.39, 0.29) is 5.69 Å². The number of rotatable bonds is 3. The van der Waals surface area contributed by atoms with Gasteiger partial charge < -0.3 is 10.6 Å². The number of hydrogen-bond donors (Lipinski definition) is 2. The SMILES string of the molecule is Fc1cc(F)c(NCC2CCCNC2)cc1F. The molecule has 0 amide bonds. The number of piperidine rings is 1. The fourth-order valence-electron chi connectivity index (χ4n) is 2.01. The van der Waals surface area contributed by atoms with Crippen LogP contribution in [0.15, 0.2) is 12.1 Å². The van der Waals surface area contributed by atoms with Crippen LogP contribution in [0, 0.1) is 23.4 Å². The molecule has 0 aliphatic carbocycles. The molecule has 2 N–H and O–H groups in total. The molecule has 0 bridgehead atoms. The highest BCUT2D eigenvalue weighted by Gasteiger charge is 2.14. The van der Waals surface area contributed by atoms with Crippen molar-refractivity contribution in [2.75, 3.05) is 25.0 Å². The monoisotopic (exact) mass is 244 g/mol. The van der Waals surface area contributed by atoms with Crippen LogP contribution < -0.4 is 10.6 Å². The van der Waals surface area contributed by atoms with Gasteiger partial charge in [-0.15, -0.1) is 0 Å². The van der Waals surface area contributed by atoms with Crippen molar-refractivity contribution in [1.29, 1.82) is 0 Å². The van der Waals surface area contributed by atoms with Gasteiger partial charge in [-0.1, -0.05) is 0 Å². The second kappa shape index (κ2) is 5.40. The molecule has 1 heterocycles. The maximum absolute atomic E-state index is 13.3. The predicted molar refractivity (Wildman–Crippen MR) is 60.4 cm³/mol. The number of nitrogens with one attached hydrogen (secondary N) is 2. The topological polar surface area (TPSA) is 24.1 Å². The molecular weight excluding hydrogens is 229 g/mol. The average Bonchev–Trinajstić information content (AvgIpc) is 2.33. The van der Waals surface area contributed by atoms with Crippen LogP contribution in [0.25, 0.3) is 0 Å². The van der Waals surface area contributed by atoms with Crippen LogP contribution in [0.2, 0.25) is 0 Å². The minimum absolute atomic E-state index is 0.0227. The number of anilines is 1. The van der Waals surface area contributed by atoms with Crippen molar-refractivity contribution in [2.24, 2.45) is 5.92 Å². The van der Waals surface area contributed by atoms with E-state index >= 15 is 0 Å². The maximum Gasteiger partial charge on any atom is 0.161 e. The van der Waals surface area contributed by atoms with Gasteiger partial charge in [0.25, 0.3) is 0 Å². The number of halogens is 3. The van der Waals surface area contributed by atoms with Crippen LogP contribution in [0.5, 0.6) is 0 Å². The summed E-state index contributed by atoms with van der Waals surface area (Å²) in [6.07, 6.45) is 2.15. The molecule has 2 rings (SSSR count). The Labute approximate surface area is 98.2 Å². The molecule has 1 aliphatic rings. The van der Waals surface area contributed by atoms with Crippen LogP contribution in [-0.4, -0.2) is 19.6 Å². The van der Waals surface area contributed by atoms with Crippen molar-refractivity contribution < 1.29 is 13.2 Å². The van der Waals surface area contributed by atoms with Gasteiger partial charge in [-0.2, -0.15) is 0 Å². The summed E-state index contributed by atoms with van der Waals surface area (Å²) in [4.78, 5) is 0. The van der Waals surface area contributed by atoms with E-state index in [1.165, 1.54) is 0 Å². The second-order valence-corrected chi connectivity index (χ2v) is 4.34. The molecule has 1 unspecified atom stereocenters. The van der Waals surface area contributed by atoms with Crippen LogP contribution in [0.1, 0.15) is 12.8 Å². The van der Waals surface area contributed by atoms with E-state index in [1.807, 2.05) is 0 Å². The van der Waals surface area contributed by atoms with Gasteiger partial charge in [0.1, 0.15) is 5.82 Å². The summed E-state index contributed by atoms with van der Waals surface area (Å²) < 4.78 is 38.9. The predicted octanol–water partition coefficient (Wildman–Crippen LogP) is 2.52. The minimum atomic E-state index is -1.16. The number of benzene rings is 1. The molecule has 1 aromatic rings. The van der Waals surface area contributed by atoms with Gasteiger partial charge in [0.2, 0.25) is 0 Å². The summed E-state index contributed by atoms with van der Waals surface area (Å²) >= 11 is 0. The fraction of sp³-hybridized carbons (Fsp3) is 0.500. The first-order valence-electron chi connectivity index (χ1n) is 5.76. The fourth-order valence-corrected chi connectivity index (χ4v) is 2.01. The molecule has 1 aromatic carbocycles. The quantitative estimate of drug-likeness (QED) is 0.798. The largest absolute Gasteiger partial charge is 0.382 e. The van der Waals surface area contributed by atoms with Gasteiger partial charge >= 0.3 is 0 Å². The second-order valence-electron chi connectivity index (χ2n) is 4.34. The molecule has 1 saturated heterocycles. The normalized spacial score (nSPS) is 20.3. The zero-order valence-electron chi connectivity index (χ0n) is 9.40. The van der Waals surface area contributed by atoms with Crippen LogP contribution in [0.4, 0.5) is 18.9 Å². The first-order chi connectivity index (χ1) is 8.16. The summed E-state index contributed by atoms with van der Waals surface area (Å²) in [7, 11) is 0. The Morgan fingerprint density at radius 2 is 1.94 bits per heavy atom. The molecule has 1 atom stereocenters. The van der Waals surface area contributed by atoms with E-state index in [1.54, 1.807) is 0 Å². The Morgan fingerprint density at radius 1 is 1.18 bits per heavy atom. The summed E-state index contributed by atoms with van der Waals surface area (Å²) in [5.41, 5.74) is 0.0227. The lowest BCUT2D eigenvalue weighted by Crippen LogP contribution is -2.33. The summed E-state index contributed by atoms with van der Waals surface area (Å²) in [5, 5.41) is 6.07. The van der Waals surface area contributed by atoms with Crippen LogP contribution >= 0.6 is 0 Å². The summed E-state index contributed by atoms with van der Waals surface area (Å²) in [6.45, 7) is 2.45. The summed E-state index contributed by atoms with van der Waals surface area (Å²) in [6, 6.07) is 1.43. The molecule has 2 nitrogen and oxygen atoms in total. The van der Waals surface area contributed by atoms with E-state index in [9.17, 15) is 13.2 Å². The lowest BCUT2D eigenvalue weighted by atomic mass is 10.00. The highest BCUT2D eigenvalue weighted by atomic mass is 19.2. The molecular formula is C12H15F3N2. The zero-order chi connectivity index (χ0) is 12.3. The first-order valence-corrected chi connectivity index (χ1v) is 5.76. The van der Waals surface area contributed by atoms with E-state index < -0.39 is 17.5 Å². The molecule has 17 heavy (non-hydrogen) atoms. The Hall–Kier alpha value is -1.23. The van der Waals surface area contributed by atoms with Gasteiger partial charge in [-0.25, -0.2) is 13.2 Å². The third-order valence-corrected chi connectivity index (χ3v) is 2.99. The Bertz CT molecular complexity index is 390. The Kier molecular flexibility index (Phi) is 3.89. The average molecular weight is 244 g/mol. The third kappa shape index (κ3) is 3.12. The molecule has 0 radical (unpaired) electrons. The van der Waals surface area contributed by atoms with Gasteiger partial charge in [0, 0.05) is 18.7 Å². The van der Waals surface area contributed by atoms with Gasteiger partial charge in [-0.05, 0) is 31.8 Å². The maximum atomic E-state index is 13.3. The standard InChI is InChI=1S/C12H15F3N2/c13-9-4-11(15)12(5-10(9)14)17-7-8-2-1-3-16-6-8/h4-5,8,16-17H,1-3,6-7H2. The third-order valence-electron chi connectivity index (χ3n) is 2.99. The highest BCUT2D eigenvalue weighted by Crippen LogP contribution is 2.19. The smallest absolute Gasteiger partial charge is 0.161 e. The van der Waals surface area contributed by atoms with Crippen LogP contribution in [0.3, 0.4) is 0 Å². The molecule has 0 aromatic heterocycles. The van der Waals surface area contributed by atoms with Crippen molar-refractivity contribution in [2.45, 2.75) is 12.8 Å². The van der Waals surface area contributed by atoms with Crippen molar-refractivity contribution in [3.05, 3.63) is 29.6 Å². The van der Waals surface area contributed by atoms with Gasteiger partial charge in [0.15, 0.2) is 11.6 Å². The van der Waals surface area contributed by atoms with Crippen molar-refractivity contribution in [3.63, 3.8) is 0 Å². The highest BCUT2D eigenvalue weighted by molar-refractivity contribution is 5.45. The van der Waals surface area contributed by atoms with E-state index in [4.69, 9.17) is 0 Å². The van der Waals surface area contributed by atoms with Crippen LogP contribution in [-0.2, 0) is 0 Å². The van der Waals surface area contributed by atoms with E-state index in [2.05, 4.69) is 10.6 Å². The lowest BCUT2D eigenvalue weighted by molar-refractivity contribution is 0.392. The van der Waals surface area contributed by atoms with Gasteiger partial charge in [0.05, 0.1) is 5.69 Å². The van der Waals surface area contributed by atoms with E-state index in [0.29, 0.717) is 18.5 Å². The lowest BCUT2D eigenvalue weighted by Gasteiger charge is -2.23. The number of hydrogen-bond acceptors (Lipinski definition) is 2. The van der Waals surface area contributed by atoms with Crippen molar-refractivity contribution in [3.8, 4) is 0 Å². The van der Waals surface area contributed by atoms with Gasteiger partial charge in [-0.3, -0.25) is 0 Å². The molecule has 0 spiro atoms. The van der Waals surface area contributed by atoms with Crippen molar-refractivity contribution in [1.82, 2.24) is 5.32 Å². The molecule has 94 valence electrons. The van der Waals surface area contributed by atoms with Crippen molar-refractivity contribution >= 4 is 5.69 Å². The molecule has 0 saturated carbocycles. The first kappa shape index (κ1) is 12.2. The molecule has 1 aliphatic heterocycles. The zero-order valence-corrected chi connectivity index (χ0v) is 9.40. The minimum Gasteiger partial charge on any atom is -0.382 e. The Morgan fingerprint density at radius 3 is 2.65 bits per heavy atom. The summed E-state index contributed by atoms with van der Waals surface area (Å²) in [5.74, 6) is -2.55. The molecule has 1 fully saturated rings. The Balaban J connectivity index is 1.96. The van der Waals surface area contributed by atoms with E-state index in [0.717, 1.165) is 32.0 Å².